The normalized spacial score (nSPS) is 18.7. The molecule has 0 aromatic carbocycles. The van der Waals surface area contributed by atoms with Crippen LogP contribution < -0.4 is 5.32 Å². The van der Waals surface area contributed by atoms with E-state index in [2.05, 4.69) is 39.8 Å². The maximum Gasteiger partial charge on any atom is 0.0581 e. The molecule has 0 aliphatic heterocycles. The first kappa shape index (κ1) is 13.0. The quantitative estimate of drug-likeness (QED) is 0.845. The van der Waals surface area contributed by atoms with Gasteiger partial charge < -0.3 is 5.32 Å². The molecule has 1 aromatic rings. The second kappa shape index (κ2) is 6.45. The maximum absolute atomic E-state index is 4.35. The van der Waals surface area contributed by atoms with E-state index < -0.39 is 0 Å². The summed E-state index contributed by atoms with van der Waals surface area (Å²) in [5.41, 5.74) is 1.32. The van der Waals surface area contributed by atoms with Crippen molar-refractivity contribution in [2.75, 3.05) is 12.8 Å². The van der Waals surface area contributed by atoms with Gasteiger partial charge in [0.05, 0.1) is 11.7 Å². The number of hydrogen-bond acceptors (Lipinski definition) is 3. The number of aryl methyl sites for hydroxylation is 1. The van der Waals surface area contributed by atoms with Gasteiger partial charge in [0.2, 0.25) is 0 Å². The van der Waals surface area contributed by atoms with Gasteiger partial charge in [0.1, 0.15) is 0 Å². The molecule has 1 fully saturated rings. The van der Waals surface area contributed by atoms with Gasteiger partial charge in [0.15, 0.2) is 0 Å². The summed E-state index contributed by atoms with van der Waals surface area (Å²) in [6.07, 6.45) is 7.58. The van der Waals surface area contributed by atoms with E-state index in [9.17, 15) is 0 Å². The summed E-state index contributed by atoms with van der Waals surface area (Å²) in [5, 5.41) is 8.66. The van der Waals surface area contributed by atoms with Gasteiger partial charge in [-0.1, -0.05) is 12.8 Å². The number of aromatic nitrogens is 2. The van der Waals surface area contributed by atoms with Crippen LogP contribution in [0.4, 0.5) is 0 Å². The topological polar surface area (TPSA) is 29.9 Å². The Morgan fingerprint density at radius 3 is 2.94 bits per heavy atom. The number of thioether (sulfide) groups is 1. The molecule has 0 bridgehead atoms. The van der Waals surface area contributed by atoms with Crippen LogP contribution in [0, 0.1) is 0 Å². The van der Waals surface area contributed by atoms with Crippen molar-refractivity contribution in [2.24, 2.45) is 0 Å². The van der Waals surface area contributed by atoms with Gasteiger partial charge in [-0.2, -0.15) is 16.9 Å². The van der Waals surface area contributed by atoms with Crippen LogP contribution in [0.1, 0.15) is 44.3 Å². The highest BCUT2D eigenvalue weighted by atomic mass is 32.2. The summed E-state index contributed by atoms with van der Waals surface area (Å²) >= 11 is 2.13. The minimum absolute atomic E-state index is 0.433. The van der Waals surface area contributed by atoms with Gasteiger partial charge in [0, 0.05) is 23.7 Å². The van der Waals surface area contributed by atoms with Crippen LogP contribution in [0.15, 0.2) is 12.3 Å². The molecular formula is C13H23N3S. The molecule has 1 N–H and O–H groups in total. The van der Waals surface area contributed by atoms with Crippen molar-refractivity contribution in [1.29, 1.82) is 0 Å². The molecular weight excluding hydrogens is 230 g/mol. The molecule has 1 aliphatic carbocycles. The second-order valence-electron chi connectivity index (χ2n) is 4.65. The first-order chi connectivity index (χ1) is 8.35. The van der Waals surface area contributed by atoms with Crippen LogP contribution in [0.5, 0.6) is 0 Å². The zero-order valence-electron chi connectivity index (χ0n) is 10.9. The molecule has 17 heavy (non-hydrogen) atoms. The van der Waals surface area contributed by atoms with E-state index in [1.54, 1.807) is 0 Å². The largest absolute Gasteiger partial charge is 0.311 e. The van der Waals surface area contributed by atoms with Crippen LogP contribution in [-0.4, -0.2) is 27.8 Å². The minimum atomic E-state index is 0.433. The predicted molar refractivity (Wildman–Crippen MR) is 74.4 cm³/mol. The number of rotatable bonds is 6. The molecule has 1 aromatic heterocycles. The molecule has 0 spiro atoms. The summed E-state index contributed by atoms with van der Waals surface area (Å²) in [6.45, 7) is 3.10. The van der Waals surface area contributed by atoms with Crippen molar-refractivity contribution in [2.45, 2.75) is 50.4 Å². The lowest BCUT2D eigenvalue weighted by atomic mass is 10.2. The third-order valence-corrected chi connectivity index (χ3v) is 5.02. The minimum Gasteiger partial charge on any atom is -0.311 e. The zero-order chi connectivity index (χ0) is 12.1. The Hall–Kier alpha value is -0.480. The Kier molecular flexibility index (Phi) is 4.92. The van der Waals surface area contributed by atoms with Gasteiger partial charge in [-0.15, -0.1) is 0 Å². The maximum atomic E-state index is 4.35. The van der Waals surface area contributed by atoms with Gasteiger partial charge in [-0.3, -0.25) is 4.68 Å². The van der Waals surface area contributed by atoms with Gasteiger partial charge in [-0.25, -0.2) is 0 Å². The second-order valence-corrected chi connectivity index (χ2v) is 5.99. The smallest absolute Gasteiger partial charge is 0.0581 e. The van der Waals surface area contributed by atoms with E-state index in [1.807, 2.05) is 13.2 Å². The first-order valence-electron chi connectivity index (χ1n) is 6.65. The van der Waals surface area contributed by atoms with Crippen LogP contribution in [-0.2, 0) is 6.54 Å². The molecule has 96 valence electrons. The van der Waals surface area contributed by atoms with E-state index in [1.165, 1.54) is 31.4 Å². The number of nitrogens with one attached hydrogen (secondary N) is 1. The molecule has 1 unspecified atom stereocenters. The molecule has 1 heterocycles. The third kappa shape index (κ3) is 3.26. The molecule has 2 rings (SSSR count). The molecule has 1 atom stereocenters. The van der Waals surface area contributed by atoms with Crippen molar-refractivity contribution in [3.05, 3.63) is 18.0 Å². The predicted octanol–water partition coefficient (Wildman–Crippen LogP) is 2.84. The summed E-state index contributed by atoms with van der Waals surface area (Å²) in [4.78, 5) is 0. The SMILES string of the molecule is CCn1nccc1C(CSC1CCCC1)NC. The summed E-state index contributed by atoms with van der Waals surface area (Å²) < 4.78 is 2.09. The molecule has 4 heteroatoms. The molecule has 1 saturated carbocycles. The highest BCUT2D eigenvalue weighted by molar-refractivity contribution is 7.99. The van der Waals surface area contributed by atoms with E-state index in [4.69, 9.17) is 0 Å². The molecule has 1 aliphatic rings. The van der Waals surface area contributed by atoms with Gasteiger partial charge in [0.25, 0.3) is 0 Å². The fourth-order valence-corrected chi connectivity index (χ4v) is 3.98. The van der Waals surface area contributed by atoms with E-state index >= 15 is 0 Å². The average molecular weight is 253 g/mol. The summed E-state index contributed by atoms with van der Waals surface area (Å²) in [7, 11) is 2.05. The highest BCUT2D eigenvalue weighted by Crippen LogP contribution is 2.31. The van der Waals surface area contributed by atoms with Crippen LogP contribution >= 0.6 is 11.8 Å². The van der Waals surface area contributed by atoms with Crippen molar-refractivity contribution < 1.29 is 0 Å². The molecule has 3 nitrogen and oxygen atoms in total. The Morgan fingerprint density at radius 2 is 2.29 bits per heavy atom. The summed E-state index contributed by atoms with van der Waals surface area (Å²) in [5.74, 6) is 1.16. The Labute approximate surface area is 108 Å². The average Bonchev–Trinajstić information content (AvgIpc) is 3.00. The lowest BCUT2D eigenvalue weighted by molar-refractivity contribution is 0.548. The Bertz CT molecular complexity index is 331. The lowest BCUT2D eigenvalue weighted by Gasteiger charge is -2.19. The van der Waals surface area contributed by atoms with Crippen molar-refractivity contribution >= 4 is 11.8 Å². The van der Waals surface area contributed by atoms with E-state index in [-0.39, 0.29) is 0 Å². The standard InChI is InChI=1S/C13H23N3S/c1-3-16-13(8-9-15-16)12(14-2)10-17-11-6-4-5-7-11/h8-9,11-12,14H,3-7,10H2,1-2H3. The van der Waals surface area contributed by atoms with Crippen molar-refractivity contribution in [1.82, 2.24) is 15.1 Å². The number of nitrogens with zero attached hydrogens (tertiary/aromatic N) is 2. The Morgan fingerprint density at radius 1 is 1.53 bits per heavy atom. The summed E-state index contributed by atoms with van der Waals surface area (Å²) in [6, 6.07) is 2.57. The van der Waals surface area contributed by atoms with Crippen molar-refractivity contribution in [3.63, 3.8) is 0 Å². The first-order valence-corrected chi connectivity index (χ1v) is 7.70. The fourth-order valence-electron chi connectivity index (χ4n) is 2.51. The monoisotopic (exact) mass is 253 g/mol. The number of hydrogen-bond donors (Lipinski definition) is 1. The van der Waals surface area contributed by atoms with Crippen molar-refractivity contribution in [3.8, 4) is 0 Å². The Balaban J connectivity index is 1.91. The molecule has 0 amide bonds. The fraction of sp³-hybridized carbons (Fsp3) is 0.769. The van der Waals surface area contributed by atoms with Crippen LogP contribution in [0.2, 0.25) is 0 Å². The lowest BCUT2D eigenvalue weighted by Crippen LogP contribution is -2.23. The van der Waals surface area contributed by atoms with Gasteiger partial charge >= 0.3 is 0 Å². The third-order valence-electron chi connectivity index (χ3n) is 3.56. The van der Waals surface area contributed by atoms with E-state index in [0.29, 0.717) is 6.04 Å². The van der Waals surface area contributed by atoms with Crippen LogP contribution in [0.25, 0.3) is 0 Å². The highest BCUT2D eigenvalue weighted by Gasteiger charge is 2.19. The van der Waals surface area contributed by atoms with Gasteiger partial charge in [-0.05, 0) is 32.9 Å². The van der Waals surface area contributed by atoms with E-state index in [0.717, 1.165) is 17.5 Å². The van der Waals surface area contributed by atoms with Crippen LogP contribution in [0.3, 0.4) is 0 Å². The molecule has 0 saturated heterocycles. The zero-order valence-corrected chi connectivity index (χ0v) is 11.7. The molecule has 0 radical (unpaired) electrons.